The summed E-state index contributed by atoms with van der Waals surface area (Å²) in [5, 5.41) is 21.8. The molecule has 0 saturated heterocycles. The topological polar surface area (TPSA) is 60.4 Å². The fourth-order valence-electron chi connectivity index (χ4n) is 4.78. The van der Waals surface area contributed by atoms with Crippen molar-refractivity contribution < 1.29 is 19.5 Å². The zero-order valence-corrected chi connectivity index (χ0v) is 22.7. The Morgan fingerprint density at radius 1 is 0.727 bits per heavy atom. The molecule has 0 spiro atoms. The van der Waals surface area contributed by atoms with Crippen LogP contribution in [0.25, 0.3) is 0 Å². The Morgan fingerprint density at radius 3 is 1.52 bits per heavy atom. The molecule has 0 aromatic carbocycles. The van der Waals surface area contributed by atoms with Crippen LogP contribution in [0.5, 0.6) is 0 Å². The van der Waals surface area contributed by atoms with Crippen LogP contribution in [0.2, 0.25) is 0 Å². The molecule has 4 nitrogen and oxygen atoms in total. The first-order valence-electron chi connectivity index (χ1n) is 14.1. The summed E-state index contributed by atoms with van der Waals surface area (Å²) in [5.41, 5.74) is -1.15. The van der Waals surface area contributed by atoms with Gasteiger partial charge in [0, 0.05) is 12.4 Å². The number of likely N-dealkylation sites (N-methyl/N-ethyl adjacent to an activating group) is 1. The number of carbonyl (C=O) groups is 1. The van der Waals surface area contributed by atoms with E-state index in [-0.39, 0.29) is 6.42 Å². The molecule has 1 N–H and O–H groups in total. The lowest BCUT2D eigenvalue weighted by atomic mass is 9.91. The molecule has 196 valence electrons. The largest absolute Gasteiger partial charge is 0.550 e. The molecular formula is C29H57NO3. The standard InChI is InChI=1S/C29H57NO3/c1-5-6-7-8-9-10-11-12-13-14-15-16-17-18-19-20-21-22-23-24-25-29(33,26-28(31)32)27-30(2,3)4/h12-13,33H,5-11,14-27H2,1-4H3/b13-12-. The number of carbonyl (C=O) groups excluding carboxylic acids is 1. The van der Waals surface area contributed by atoms with Gasteiger partial charge in [0.05, 0.1) is 21.1 Å². The van der Waals surface area contributed by atoms with Crippen molar-refractivity contribution in [1.29, 1.82) is 0 Å². The number of aliphatic carboxylic acids is 1. The Bertz CT molecular complexity index is 484. The number of carboxylic acid groups (broad SMARTS) is 1. The maximum absolute atomic E-state index is 11.0. The molecule has 0 fully saturated rings. The number of nitrogens with zero attached hydrogens (tertiary/aromatic N) is 1. The fourth-order valence-corrected chi connectivity index (χ4v) is 4.78. The van der Waals surface area contributed by atoms with Crippen LogP contribution in [0, 0.1) is 0 Å². The van der Waals surface area contributed by atoms with Crippen LogP contribution in [-0.4, -0.2) is 48.8 Å². The number of hydrogen-bond donors (Lipinski definition) is 1. The minimum atomic E-state index is -1.16. The van der Waals surface area contributed by atoms with Gasteiger partial charge >= 0.3 is 0 Å². The van der Waals surface area contributed by atoms with Gasteiger partial charge in [0.25, 0.3) is 0 Å². The molecule has 0 bridgehead atoms. The smallest absolute Gasteiger partial charge is 0.119 e. The Balaban J connectivity index is 3.51. The van der Waals surface area contributed by atoms with E-state index < -0.39 is 11.6 Å². The van der Waals surface area contributed by atoms with Crippen LogP contribution in [0.1, 0.15) is 135 Å². The van der Waals surface area contributed by atoms with E-state index in [1.165, 1.54) is 103 Å². The van der Waals surface area contributed by atoms with Gasteiger partial charge in [0.15, 0.2) is 0 Å². The summed E-state index contributed by atoms with van der Waals surface area (Å²) in [6.45, 7) is 2.71. The zero-order chi connectivity index (χ0) is 24.8. The first-order valence-corrected chi connectivity index (χ1v) is 14.1. The fraction of sp³-hybridized carbons (Fsp3) is 0.897. The summed E-state index contributed by atoms with van der Waals surface area (Å²) in [6, 6.07) is 0. The van der Waals surface area contributed by atoms with Crippen molar-refractivity contribution in [1.82, 2.24) is 0 Å². The number of quaternary nitrogens is 1. The summed E-state index contributed by atoms with van der Waals surface area (Å²) in [4.78, 5) is 11.0. The Labute approximate surface area is 206 Å². The number of aliphatic hydroxyl groups is 1. The molecule has 0 aliphatic heterocycles. The Morgan fingerprint density at radius 2 is 1.12 bits per heavy atom. The average Bonchev–Trinajstić information content (AvgIpc) is 2.70. The molecule has 1 atom stereocenters. The predicted molar refractivity (Wildman–Crippen MR) is 140 cm³/mol. The molecule has 0 aliphatic carbocycles. The SMILES string of the molecule is CCCCCCCC/C=C\CCCCCCCCCCCCC(O)(CC(=O)[O-])C[N+](C)(C)C. The van der Waals surface area contributed by atoms with E-state index in [1.807, 2.05) is 21.1 Å². The minimum absolute atomic E-state index is 0.266. The summed E-state index contributed by atoms with van der Waals surface area (Å²) < 4.78 is 0.555. The molecule has 0 amide bonds. The molecule has 0 aliphatic rings. The molecule has 0 heterocycles. The molecule has 0 aromatic heterocycles. The third kappa shape index (κ3) is 24.1. The first kappa shape index (κ1) is 32.1. The predicted octanol–water partition coefficient (Wildman–Crippen LogP) is 6.55. The van der Waals surface area contributed by atoms with Gasteiger partial charge < -0.3 is 19.5 Å². The third-order valence-corrected chi connectivity index (χ3v) is 6.40. The van der Waals surface area contributed by atoms with Crippen LogP contribution in [0.3, 0.4) is 0 Å². The van der Waals surface area contributed by atoms with Crippen LogP contribution in [-0.2, 0) is 4.79 Å². The van der Waals surface area contributed by atoms with Gasteiger partial charge in [0.2, 0.25) is 0 Å². The highest BCUT2D eigenvalue weighted by atomic mass is 16.4. The maximum atomic E-state index is 11.0. The van der Waals surface area contributed by atoms with Crippen molar-refractivity contribution in [2.75, 3.05) is 27.7 Å². The number of unbranched alkanes of at least 4 members (excludes halogenated alkanes) is 16. The number of carboxylic acids is 1. The maximum Gasteiger partial charge on any atom is 0.119 e. The molecule has 0 saturated carbocycles. The van der Waals surface area contributed by atoms with E-state index in [2.05, 4.69) is 19.1 Å². The Kier molecular flexibility index (Phi) is 20.0. The molecule has 1 unspecified atom stereocenters. The molecule has 0 radical (unpaired) electrons. The molecule has 0 aromatic rings. The van der Waals surface area contributed by atoms with Crippen LogP contribution >= 0.6 is 0 Å². The average molecular weight is 468 g/mol. The van der Waals surface area contributed by atoms with E-state index in [0.29, 0.717) is 17.4 Å². The van der Waals surface area contributed by atoms with E-state index in [0.717, 1.165) is 12.8 Å². The van der Waals surface area contributed by atoms with E-state index in [4.69, 9.17) is 0 Å². The second-order valence-corrected chi connectivity index (χ2v) is 11.3. The quantitative estimate of drug-likeness (QED) is 0.0994. The van der Waals surface area contributed by atoms with Crippen molar-refractivity contribution in [3.05, 3.63) is 12.2 Å². The lowest BCUT2D eigenvalue weighted by molar-refractivity contribution is -0.877. The highest BCUT2D eigenvalue weighted by Gasteiger charge is 2.33. The normalized spacial score (nSPS) is 14.1. The van der Waals surface area contributed by atoms with Crippen molar-refractivity contribution in [3.8, 4) is 0 Å². The van der Waals surface area contributed by atoms with Gasteiger partial charge in [0.1, 0.15) is 12.1 Å². The summed E-state index contributed by atoms with van der Waals surface area (Å²) >= 11 is 0. The van der Waals surface area contributed by atoms with Gasteiger partial charge in [-0.25, -0.2) is 0 Å². The monoisotopic (exact) mass is 467 g/mol. The van der Waals surface area contributed by atoms with Crippen molar-refractivity contribution in [3.63, 3.8) is 0 Å². The lowest BCUT2D eigenvalue weighted by Gasteiger charge is -2.36. The Hall–Kier alpha value is -0.870. The van der Waals surface area contributed by atoms with Gasteiger partial charge in [-0.3, -0.25) is 0 Å². The molecular weight excluding hydrogens is 410 g/mol. The van der Waals surface area contributed by atoms with Gasteiger partial charge in [-0.2, -0.15) is 0 Å². The number of allylic oxidation sites excluding steroid dienone is 2. The minimum Gasteiger partial charge on any atom is -0.550 e. The van der Waals surface area contributed by atoms with Crippen molar-refractivity contribution in [2.24, 2.45) is 0 Å². The highest BCUT2D eigenvalue weighted by molar-refractivity contribution is 5.65. The summed E-state index contributed by atoms with van der Waals surface area (Å²) in [6.07, 6.45) is 28.2. The molecule has 33 heavy (non-hydrogen) atoms. The van der Waals surface area contributed by atoms with Crippen LogP contribution in [0.4, 0.5) is 0 Å². The van der Waals surface area contributed by atoms with E-state index in [9.17, 15) is 15.0 Å². The second-order valence-electron chi connectivity index (χ2n) is 11.3. The van der Waals surface area contributed by atoms with Gasteiger partial charge in [-0.05, 0) is 32.1 Å². The van der Waals surface area contributed by atoms with Gasteiger partial charge in [-0.15, -0.1) is 0 Å². The third-order valence-electron chi connectivity index (χ3n) is 6.40. The number of hydrogen-bond acceptors (Lipinski definition) is 3. The van der Waals surface area contributed by atoms with Crippen molar-refractivity contribution in [2.45, 2.75) is 141 Å². The van der Waals surface area contributed by atoms with Crippen LogP contribution in [0.15, 0.2) is 12.2 Å². The van der Waals surface area contributed by atoms with E-state index >= 15 is 0 Å². The summed E-state index contributed by atoms with van der Waals surface area (Å²) in [5.74, 6) is -1.16. The second kappa shape index (κ2) is 20.5. The zero-order valence-electron chi connectivity index (χ0n) is 22.7. The van der Waals surface area contributed by atoms with Crippen LogP contribution < -0.4 is 5.11 Å². The van der Waals surface area contributed by atoms with Crippen molar-refractivity contribution >= 4 is 5.97 Å². The van der Waals surface area contributed by atoms with Gasteiger partial charge in [-0.1, -0.05) is 109 Å². The molecule has 0 rings (SSSR count). The lowest BCUT2D eigenvalue weighted by Crippen LogP contribution is -2.51. The van der Waals surface area contributed by atoms with E-state index in [1.54, 1.807) is 0 Å². The molecule has 4 heteroatoms. The first-order chi connectivity index (χ1) is 15.7. The highest BCUT2D eigenvalue weighted by Crippen LogP contribution is 2.22. The number of rotatable bonds is 24. The summed E-state index contributed by atoms with van der Waals surface area (Å²) in [7, 11) is 5.94.